The van der Waals surface area contributed by atoms with Crippen LogP contribution in [0.1, 0.15) is 169 Å². The molecule has 0 saturated carbocycles. The first kappa shape index (κ1) is 66.9. The number of rotatable bonds is 32. The Morgan fingerprint density at radius 3 is 0.949 bits per heavy atom. The lowest BCUT2D eigenvalue weighted by Gasteiger charge is -2.39. The van der Waals surface area contributed by atoms with Crippen LogP contribution in [0.5, 0.6) is 0 Å². The summed E-state index contributed by atoms with van der Waals surface area (Å²) in [4.78, 5) is 42.0. The summed E-state index contributed by atoms with van der Waals surface area (Å²) in [6, 6.07) is -0.602. The first-order chi connectivity index (χ1) is 27.6. The molecule has 22 heteroatoms. The smallest absolute Gasteiger partial charge is 0.356 e. The fraction of sp³-hybridized carbons (Fsp3) is 0.892. The van der Waals surface area contributed by atoms with Gasteiger partial charge in [-0.25, -0.2) is 12.6 Å². The molecule has 0 aliphatic rings. The maximum atomic E-state index is 10.9. The number of hydrogen-bond acceptors (Lipinski definition) is 12. The quantitative estimate of drug-likeness (QED) is 0.0108. The standard InChI is InChI=1S/C16H36N.C11H18Cl2O4.C9H16O4.CH2Cl2O3S.H2O4S/c1-5-9-13-17(14-10-6-2,15-11-7-3)16-12-8-4;12-8-16-10(14)6-4-2-1-3-5-7-11(15)17-9-13;10-8(11)6-4-2-1-3-5-7-9(12)13;2-1-6-7(3,4)5;1-5(2,3)4/h5-16H2,1-4H3;1-9H2;1-7H2,(H,10,11)(H,12,13);1H2;(H2,1,2,3,4)/q+1;;;;/p-1. The second-order valence-corrected chi connectivity index (χ2v) is 16.9. The van der Waals surface area contributed by atoms with E-state index in [0.717, 1.165) is 51.4 Å². The van der Waals surface area contributed by atoms with Crippen LogP contribution in [0.25, 0.3) is 0 Å². The van der Waals surface area contributed by atoms with Gasteiger partial charge in [-0.1, -0.05) is 127 Å². The Morgan fingerprint density at radius 1 is 0.508 bits per heavy atom. The summed E-state index contributed by atoms with van der Waals surface area (Å²) >= 11 is 15.3. The minimum Gasteiger partial charge on any atom is -0.726 e. The van der Waals surface area contributed by atoms with E-state index in [-0.39, 0.29) is 36.9 Å². The Hall–Kier alpha value is -1.22. The molecule has 16 nitrogen and oxygen atoms in total. The third kappa shape index (κ3) is 71.6. The van der Waals surface area contributed by atoms with E-state index in [4.69, 9.17) is 62.5 Å². The number of unbranched alkanes of at least 4 members (excludes halogenated alkanes) is 12. The normalized spacial score (nSPS) is 10.9. The van der Waals surface area contributed by atoms with Crippen molar-refractivity contribution >= 4 is 89.1 Å². The number of carbonyl (C=O) groups excluding carboxylic acids is 2. The molecule has 0 amide bonds. The maximum absolute atomic E-state index is 10.9. The molecule has 0 atom stereocenters. The number of halogens is 4. The lowest BCUT2D eigenvalue weighted by atomic mass is 10.1. The Balaban J connectivity index is -0.000000218. The van der Waals surface area contributed by atoms with Gasteiger partial charge >= 0.3 is 33.2 Å². The summed E-state index contributed by atoms with van der Waals surface area (Å²) in [6.45, 7) is 15.0. The highest BCUT2D eigenvalue weighted by Crippen LogP contribution is 2.16. The lowest BCUT2D eigenvalue weighted by Crippen LogP contribution is -2.50. The number of quaternary nitrogens is 1. The van der Waals surface area contributed by atoms with Crippen molar-refractivity contribution in [3.63, 3.8) is 0 Å². The summed E-state index contributed by atoms with van der Waals surface area (Å²) in [5.41, 5.74) is 0. The second kappa shape index (κ2) is 47.8. The number of carbonyl (C=O) groups is 4. The van der Waals surface area contributed by atoms with Crippen LogP contribution in [-0.4, -0.2) is 109 Å². The number of esters is 2. The summed E-state index contributed by atoms with van der Waals surface area (Å²) < 4.78 is 66.5. The number of alkyl halides is 3. The van der Waals surface area contributed by atoms with Crippen LogP contribution < -0.4 is 0 Å². The number of nitrogens with zero attached hydrogens (tertiary/aromatic N) is 1. The molecule has 0 bridgehead atoms. The molecule has 0 aliphatic heterocycles. The van der Waals surface area contributed by atoms with Gasteiger partial charge in [-0.2, -0.15) is 8.42 Å². The number of hydrogen-bond donors (Lipinski definition) is 3. The molecule has 0 aliphatic carbocycles. The first-order valence-electron chi connectivity index (χ1n) is 20.2. The largest absolute Gasteiger partial charge is 0.726 e. The van der Waals surface area contributed by atoms with Crippen molar-refractivity contribution in [2.75, 3.05) is 44.4 Å². The summed E-state index contributed by atoms with van der Waals surface area (Å²) in [5, 5.41) is 16.6. The molecule has 0 aromatic heterocycles. The van der Waals surface area contributed by atoms with Crippen LogP contribution in [0.2, 0.25) is 0 Å². The number of carboxylic acid groups (broad SMARTS) is 2. The molecule has 356 valence electrons. The highest BCUT2D eigenvalue weighted by Gasteiger charge is 2.24. The Kier molecular flexibility index (Phi) is 54.2. The van der Waals surface area contributed by atoms with Crippen LogP contribution in [0.3, 0.4) is 0 Å². The molecule has 0 unspecified atom stereocenters. The van der Waals surface area contributed by atoms with E-state index in [1.807, 2.05) is 0 Å². The SMILES string of the molecule is CCCC[N+](CCCC)(CCCC)CCCC.O=C(CCCCCCCC(=O)OCCl)OCCl.O=C(O)CCCCCCCC(=O)O.O=S(=O)(Cl)OCCl.O=S(=O)([O-])O. The van der Waals surface area contributed by atoms with Gasteiger partial charge in [0.1, 0.15) is 6.07 Å². The van der Waals surface area contributed by atoms with Gasteiger partial charge in [0.15, 0.2) is 12.1 Å². The monoisotopic (exact) mass is 975 g/mol. The van der Waals surface area contributed by atoms with Crippen molar-refractivity contribution in [3.05, 3.63) is 0 Å². The van der Waals surface area contributed by atoms with Gasteiger partial charge in [-0.3, -0.25) is 23.7 Å². The van der Waals surface area contributed by atoms with Gasteiger partial charge in [0.25, 0.3) is 0 Å². The van der Waals surface area contributed by atoms with Gasteiger partial charge in [0.2, 0.25) is 10.4 Å². The zero-order valence-corrected chi connectivity index (χ0v) is 40.2. The minimum absolute atomic E-state index is 0.0818. The Labute approximate surface area is 374 Å². The highest BCUT2D eigenvalue weighted by atomic mass is 35.7. The van der Waals surface area contributed by atoms with Gasteiger partial charge in [-0.15, -0.1) is 0 Å². The Morgan fingerprint density at radius 2 is 0.763 bits per heavy atom. The predicted molar refractivity (Wildman–Crippen MR) is 232 cm³/mol. The number of carboxylic acids is 2. The van der Waals surface area contributed by atoms with Gasteiger partial charge in [0.05, 0.1) is 26.2 Å². The fourth-order valence-electron chi connectivity index (χ4n) is 5.12. The van der Waals surface area contributed by atoms with Crippen LogP contribution in [0, 0.1) is 0 Å². The van der Waals surface area contributed by atoms with Crippen molar-refractivity contribution in [3.8, 4) is 0 Å². The van der Waals surface area contributed by atoms with E-state index in [2.05, 4.69) is 52.0 Å². The molecule has 0 spiro atoms. The Bertz CT molecular complexity index is 1130. The average Bonchev–Trinajstić information content (AvgIpc) is 3.13. The van der Waals surface area contributed by atoms with E-state index in [9.17, 15) is 27.6 Å². The van der Waals surface area contributed by atoms with E-state index in [0.29, 0.717) is 25.7 Å². The molecule has 0 aromatic rings. The number of aliphatic carboxylic acids is 2. The van der Waals surface area contributed by atoms with E-state index >= 15 is 0 Å². The second-order valence-electron chi connectivity index (χ2n) is 13.3. The third-order valence-electron chi connectivity index (χ3n) is 8.10. The molecule has 3 N–H and O–H groups in total. The van der Waals surface area contributed by atoms with Crippen molar-refractivity contribution in [2.45, 2.75) is 169 Å². The van der Waals surface area contributed by atoms with E-state index in [1.54, 1.807) is 0 Å². The van der Waals surface area contributed by atoms with Crippen molar-refractivity contribution < 1.29 is 73.5 Å². The molecule has 0 fully saturated rings. The molecule has 0 aromatic carbocycles. The molecule has 59 heavy (non-hydrogen) atoms. The van der Waals surface area contributed by atoms with Crippen LogP contribution in [-0.2, 0) is 52.6 Å². The number of ether oxygens (including phenoxy) is 2. The fourth-order valence-corrected chi connectivity index (χ4v) is 6.09. The average molecular weight is 978 g/mol. The third-order valence-corrected chi connectivity index (χ3v) is 9.23. The van der Waals surface area contributed by atoms with Crippen LogP contribution >= 0.6 is 45.5 Å². The van der Waals surface area contributed by atoms with Gasteiger partial charge < -0.3 is 28.7 Å². The topological polar surface area (TPSA) is 248 Å². The molecule has 0 radical (unpaired) electrons. The summed E-state index contributed by atoms with van der Waals surface area (Å²) in [7, 11) is -4.25. The lowest BCUT2D eigenvalue weighted by molar-refractivity contribution is -0.929. The first-order valence-corrected chi connectivity index (χ1v) is 25.4. The van der Waals surface area contributed by atoms with E-state index < -0.39 is 37.7 Å². The van der Waals surface area contributed by atoms with Gasteiger partial charge in [-0.05, 0) is 51.4 Å². The van der Waals surface area contributed by atoms with Crippen molar-refractivity contribution in [2.24, 2.45) is 0 Å². The summed E-state index contributed by atoms with van der Waals surface area (Å²) in [6.07, 6.45) is 20.9. The van der Waals surface area contributed by atoms with Crippen molar-refractivity contribution in [1.82, 2.24) is 0 Å². The zero-order chi connectivity index (χ0) is 46.4. The van der Waals surface area contributed by atoms with E-state index in [1.165, 1.54) is 82.0 Å². The summed E-state index contributed by atoms with van der Waals surface area (Å²) in [5.74, 6) is -2.03. The molecular formula is C37H73Cl4NO15S2. The van der Waals surface area contributed by atoms with Gasteiger partial charge in [0, 0.05) is 36.4 Å². The molecule has 0 rings (SSSR count). The maximum Gasteiger partial charge on any atom is 0.356 e. The van der Waals surface area contributed by atoms with Crippen LogP contribution in [0.15, 0.2) is 0 Å². The molecule has 0 saturated heterocycles. The predicted octanol–water partition coefficient (Wildman–Crippen LogP) is 9.77. The minimum atomic E-state index is -4.92. The molecular weight excluding hydrogens is 904 g/mol. The van der Waals surface area contributed by atoms with Crippen LogP contribution in [0.4, 0.5) is 0 Å². The zero-order valence-electron chi connectivity index (χ0n) is 35.5. The highest BCUT2D eigenvalue weighted by molar-refractivity contribution is 8.10. The molecule has 0 heterocycles. The van der Waals surface area contributed by atoms with Crippen molar-refractivity contribution in [1.29, 1.82) is 0 Å².